The summed E-state index contributed by atoms with van der Waals surface area (Å²) in [4.78, 5) is 4.63. The summed E-state index contributed by atoms with van der Waals surface area (Å²) in [6.45, 7) is 16.2. The zero-order valence-corrected chi connectivity index (χ0v) is 17.9. The molecule has 2 aromatic rings. The molecule has 0 spiro atoms. The molecule has 4 heterocycles. The van der Waals surface area contributed by atoms with Crippen LogP contribution in [0.25, 0.3) is 11.0 Å². The number of hydrogen-bond donors (Lipinski definition) is 0. The van der Waals surface area contributed by atoms with Crippen LogP contribution >= 0.6 is 11.7 Å². The summed E-state index contributed by atoms with van der Waals surface area (Å²) in [6, 6.07) is 0. The van der Waals surface area contributed by atoms with Crippen LogP contribution in [0.3, 0.4) is 0 Å². The Morgan fingerprint density at radius 2 is 1.15 bits per heavy atom. The molecule has 0 bridgehead atoms. The molecule has 0 atom stereocenters. The number of pyridine rings is 1. The third kappa shape index (κ3) is 2.84. The first-order valence-corrected chi connectivity index (χ1v) is 9.90. The highest BCUT2D eigenvalue weighted by Crippen LogP contribution is 2.38. The van der Waals surface area contributed by atoms with Gasteiger partial charge in [-0.1, -0.05) is 0 Å². The Hall–Kier alpha value is -1.06. The van der Waals surface area contributed by atoms with Gasteiger partial charge in [-0.05, 0) is 55.4 Å². The van der Waals surface area contributed by atoms with E-state index < -0.39 is 36.6 Å². The molecule has 2 saturated heterocycles. The fraction of sp³-hybridized carbons (Fsp3) is 0.706. The molecule has 0 aliphatic carbocycles. The van der Waals surface area contributed by atoms with Gasteiger partial charge in [-0.2, -0.15) is 8.75 Å². The van der Waals surface area contributed by atoms with Crippen molar-refractivity contribution in [2.45, 2.75) is 77.8 Å². The van der Waals surface area contributed by atoms with Gasteiger partial charge in [-0.25, -0.2) is 0 Å². The van der Waals surface area contributed by atoms with Crippen molar-refractivity contribution in [1.29, 1.82) is 0 Å². The predicted molar refractivity (Wildman–Crippen MR) is 107 cm³/mol. The van der Waals surface area contributed by atoms with Crippen LogP contribution in [0.2, 0.25) is 0 Å². The zero-order chi connectivity index (χ0) is 19.8. The first-order valence-electron chi connectivity index (χ1n) is 9.17. The van der Waals surface area contributed by atoms with E-state index in [4.69, 9.17) is 18.6 Å². The van der Waals surface area contributed by atoms with Gasteiger partial charge in [0.2, 0.25) is 0 Å². The monoisotopic (exact) mass is 389 g/mol. The summed E-state index contributed by atoms with van der Waals surface area (Å²) in [7, 11) is -1.13. The summed E-state index contributed by atoms with van der Waals surface area (Å²) >= 11 is 1.14. The van der Waals surface area contributed by atoms with Crippen molar-refractivity contribution in [3.8, 4) is 0 Å². The van der Waals surface area contributed by atoms with Crippen LogP contribution in [-0.2, 0) is 18.6 Å². The quantitative estimate of drug-likeness (QED) is 0.724. The summed E-state index contributed by atoms with van der Waals surface area (Å²) in [5, 5.41) is 0. The van der Waals surface area contributed by atoms with Crippen molar-refractivity contribution in [2.24, 2.45) is 0 Å². The van der Waals surface area contributed by atoms with Crippen LogP contribution in [-0.4, -0.2) is 50.4 Å². The van der Waals surface area contributed by atoms with E-state index in [0.29, 0.717) is 11.1 Å². The van der Waals surface area contributed by atoms with Gasteiger partial charge in [-0.3, -0.25) is 4.98 Å². The maximum atomic E-state index is 6.17. The maximum absolute atomic E-state index is 6.17. The Morgan fingerprint density at radius 1 is 0.704 bits per heavy atom. The molecule has 0 N–H and O–H groups in total. The molecule has 7 nitrogen and oxygen atoms in total. The summed E-state index contributed by atoms with van der Waals surface area (Å²) < 4.78 is 33.6. The molecule has 144 valence electrons. The van der Waals surface area contributed by atoms with Crippen molar-refractivity contribution in [2.75, 3.05) is 0 Å². The van der Waals surface area contributed by atoms with Crippen LogP contribution in [0, 0.1) is 0 Å². The van der Waals surface area contributed by atoms with E-state index in [9.17, 15) is 0 Å². The molecule has 2 aliphatic heterocycles. The minimum Gasteiger partial charge on any atom is -0.399 e. The fourth-order valence-corrected chi connectivity index (χ4v) is 3.65. The average molecular weight is 389 g/mol. The van der Waals surface area contributed by atoms with Crippen molar-refractivity contribution in [1.82, 2.24) is 13.7 Å². The molecule has 27 heavy (non-hydrogen) atoms. The van der Waals surface area contributed by atoms with Crippen molar-refractivity contribution < 1.29 is 18.6 Å². The van der Waals surface area contributed by atoms with Crippen LogP contribution in [0.1, 0.15) is 55.4 Å². The lowest BCUT2D eigenvalue weighted by Crippen LogP contribution is -2.41. The number of hydrogen-bond acceptors (Lipinski definition) is 8. The van der Waals surface area contributed by atoms with Gasteiger partial charge in [-0.15, -0.1) is 0 Å². The lowest BCUT2D eigenvalue weighted by Gasteiger charge is -2.32. The van der Waals surface area contributed by atoms with Crippen LogP contribution in [0.4, 0.5) is 0 Å². The van der Waals surface area contributed by atoms with Crippen molar-refractivity contribution in [3.63, 3.8) is 0 Å². The van der Waals surface area contributed by atoms with Gasteiger partial charge < -0.3 is 18.6 Å². The summed E-state index contributed by atoms with van der Waals surface area (Å²) in [5.41, 5.74) is 1.05. The Bertz CT molecular complexity index is 797. The second-order valence-electron chi connectivity index (χ2n) is 9.24. The number of fused-ring (bicyclic) bond motifs is 1. The lowest BCUT2D eigenvalue weighted by molar-refractivity contribution is 0.00578. The van der Waals surface area contributed by atoms with E-state index in [1.807, 2.05) is 55.4 Å². The van der Waals surface area contributed by atoms with E-state index in [1.165, 1.54) is 0 Å². The average Bonchev–Trinajstić information content (AvgIpc) is 3.13. The number of rotatable bonds is 2. The van der Waals surface area contributed by atoms with Gasteiger partial charge in [0.25, 0.3) is 0 Å². The molecule has 0 aromatic carbocycles. The minimum atomic E-state index is -0.589. The third-order valence-electron chi connectivity index (χ3n) is 6.33. The van der Waals surface area contributed by atoms with E-state index in [-0.39, 0.29) is 0 Å². The summed E-state index contributed by atoms with van der Waals surface area (Å²) in [5.74, 6) is 0. The van der Waals surface area contributed by atoms with Gasteiger partial charge >= 0.3 is 14.2 Å². The molecular weight excluding hydrogens is 364 g/mol. The largest absolute Gasteiger partial charge is 0.516 e. The molecule has 2 aromatic heterocycles. The standard InChI is InChI=1S/C17H25B2N3O4S/c1-14(2)15(3,4)24-18(23-14)10-9-20-13(12-11(10)21-27-22-12)19-25-16(5,6)17(7,8)26-19/h9H,1-8H3. The van der Waals surface area contributed by atoms with Crippen LogP contribution in [0.15, 0.2) is 6.20 Å². The van der Waals surface area contributed by atoms with Gasteiger partial charge in [0.15, 0.2) is 0 Å². The molecule has 0 radical (unpaired) electrons. The van der Waals surface area contributed by atoms with Crippen molar-refractivity contribution >= 4 is 48.1 Å². The smallest absolute Gasteiger partial charge is 0.399 e. The molecule has 0 amide bonds. The normalized spacial score (nSPS) is 25.5. The Kier molecular flexibility index (Phi) is 4.09. The van der Waals surface area contributed by atoms with Crippen LogP contribution in [0.5, 0.6) is 0 Å². The van der Waals surface area contributed by atoms with Gasteiger partial charge in [0, 0.05) is 11.7 Å². The fourth-order valence-electron chi connectivity index (χ4n) is 3.08. The zero-order valence-electron chi connectivity index (χ0n) is 17.1. The minimum absolute atomic E-state index is 0.433. The highest BCUT2D eigenvalue weighted by atomic mass is 32.1. The van der Waals surface area contributed by atoms with E-state index >= 15 is 0 Å². The van der Waals surface area contributed by atoms with E-state index in [0.717, 1.165) is 22.7 Å². The third-order valence-corrected chi connectivity index (χ3v) is 6.86. The maximum Gasteiger partial charge on any atom is 0.516 e. The SMILES string of the molecule is CC1(C)OB(c2cnc(B3OC(C)(C)C(C)(C)O3)c3nsnc23)OC1(C)C. The second-order valence-corrected chi connectivity index (χ2v) is 9.77. The molecule has 2 aliphatic rings. The molecule has 10 heteroatoms. The van der Waals surface area contributed by atoms with Crippen molar-refractivity contribution in [3.05, 3.63) is 6.20 Å². The van der Waals surface area contributed by atoms with E-state index in [1.54, 1.807) is 6.20 Å². The first-order chi connectivity index (χ1) is 12.3. The molecule has 4 rings (SSSR count). The van der Waals surface area contributed by atoms with Gasteiger partial charge in [0.05, 0.1) is 34.1 Å². The number of nitrogens with zero attached hydrogens (tertiary/aromatic N) is 3. The van der Waals surface area contributed by atoms with Gasteiger partial charge in [0.1, 0.15) is 16.6 Å². The second kappa shape index (κ2) is 5.73. The Balaban J connectivity index is 1.73. The topological polar surface area (TPSA) is 75.6 Å². The first kappa shape index (κ1) is 19.3. The van der Waals surface area contributed by atoms with Crippen LogP contribution < -0.4 is 11.1 Å². The molecule has 0 unspecified atom stereocenters. The summed E-state index contributed by atoms with van der Waals surface area (Å²) in [6.07, 6.45) is 1.74. The molecular formula is C17H25B2N3O4S. The number of aromatic nitrogens is 3. The molecule has 0 saturated carbocycles. The molecule has 2 fully saturated rings. The Morgan fingerprint density at radius 3 is 1.67 bits per heavy atom. The lowest BCUT2D eigenvalue weighted by atomic mass is 9.76. The predicted octanol–water partition coefficient (Wildman–Crippen LogP) is 1.68. The van der Waals surface area contributed by atoms with E-state index in [2.05, 4.69) is 13.7 Å². The Labute approximate surface area is 164 Å². The highest BCUT2D eigenvalue weighted by Gasteiger charge is 2.55. The highest BCUT2D eigenvalue weighted by molar-refractivity contribution is 7.00.